The number of imide groups is 1. The number of benzene rings is 2. The van der Waals surface area contributed by atoms with E-state index < -0.39 is 33.6 Å². The van der Waals surface area contributed by atoms with E-state index in [4.69, 9.17) is 0 Å². The molecule has 1 aromatic heterocycles. The lowest BCUT2D eigenvalue weighted by Crippen LogP contribution is -2.47. The van der Waals surface area contributed by atoms with Crippen LogP contribution in [0.2, 0.25) is 0 Å². The molecular formula is C19H16N4O5S. The Bertz CT molecular complexity index is 1230. The summed E-state index contributed by atoms with van der Waals surface area (Å²) in [5.74, 6) is -2.34. The zero-order chi connectivity index (χ0) is 20.8. The SMILES string of the molecule is CS(=O)(=O)CC[C@H](C(=O)n1nnc2ccccc21)N1C(=O)c2ccccc2C1=O. The molecule has 0 radical (unpaired) electrons. The van der Waals surface area contributed by atoms with E-state index in [1.807, 2.05) is 0 Å². The van der Waals surface area contributed by atoms with Crippen LogP contribution in [0.3, 0.4) is 0 Å². The summed E-state index contributed by atoms with van der Waals surface area (Å²) in [5, 5.41) is 7.77. The summed E-state index contributed by atoms with van der Waals surface area (Å²) >= 11 is 0. The smallest absolute Gasteiger partial charge is 0.270 e. The van der Waals surface area contributed by atoms with Gasteiger partial charge in [0, 0.05) is 6.26 Å². The molecule has 148 valence electrons. The number of para-hydroxylation sites is 1. The molecule has 0 saturated heterocycles. The molecule has 0 fully saturated rings. The van der Waals surface area contributed by atoms with E-state index in [1.165, 1.54) is 12.1 Å². The molecular weight excluding hydrogens is 396 g/mol. The van der Waals surface area contributed by atoms with Crippen LogP contribution in [0, 0.1) is 0 Å². The maximum atomic E-state index is 13.3. The van der Waals surface area contributed by atoms with E-state index in [9.17, 15) is 22.8 Å². The average Bonchev–Trinajstić information content (AvgIpc) is 3.22. The van der Waals surface area contributed by atoms with Gasteiger partial charge < -0.3 is 0 Å². The van der Waals surface area contributed by atoms with E-state index in [2.05, 4.69) is 10.3 Å². The van der Waals surface area contributed by atoms with Gasteiger partial charge in [0.25, 0.3) is 17.7 Å². The molecule has 9 nitrogen and oxygen atoms in total. The quantitative estimate of drug-likeness (QED) is 0.577. The molecule has 0 saturated carbocycles. The Morgan fingerprint density at radius 1 is 1.00 bits per heavy atom. The molecule has 2 amide bonds. The summed E-state index contributed by atoms with van der Waals surface area (Å²) in [6.45, 7) is 0. The number of nitrogens with zero attached hydrogens (tertiary/aromatic N) is 4. The first-order valence-corrected chi connectivity index (χ1v) is 10.8. The summed E-state index contributed by atoms with van der Waals surface area (Å²) in [7, 11) is -3.44. The highest BCUT2D eigenvalue weighted by molar-refractivity contribution is 7.90. The van der Waals surface area contributed by atoms with Gasteiger partial charge in [-0.05, 0) is 30.7 Å². The van der Waals surface area contributed by atoms with Crippen LogP contribution in [0.4, 0.5) is 0 Å². The highest BCUT2D eigenvalue weighted by Crippen LogP contribution is 2.27. The molecule has 4 rings (SSSR count). The normalized spacial score (nSPS) is 15.0. The maximum absolute atomic E-state index is 13.3. The highest BCUT2D eigenvalue weighted by Gasteiger charge is 2.43. The topological polar surface area (TPSA) is 119 Å². The molecule has 10 heteroatoms. The molecule has 2 aromatic carbocycles. The fraction of sp³-hybridized carbons (Fsp3) is 0.211. The first-order chi connectivity index (χ1) is 13.8. The maximum Gasteiger partial charge on any atom is 0.272 e. The molecule has 1 aliphatic heterocycles. The molecule has 0 N–H and O–H groups in total. The molecule has 3 aromatic rings. The number of amides is 2. The van der Waals surface area contributed by atoms with Crippen molar-refractivity contribution in [2.24, 2.45) is 0 Å². The van der Waals surface area contributed by atoms with Crippen LogP contribution in [-0.2, 0) is 9.84 Å². The molecule has 0 aliphatic carbocycles. The molecule has 0 spiro atoms. The number of sulfone groups is 1. The number of aromatic nitrogens is 3. The molecule has 0 bridgehead atoms. The minimum absolute atomic E-state index is 0.179. The van der Waals surface area contributed by atoms with Crippen molar-refractivity contribution in [1.82, 2.24) is 19.9 Å². The zero-order valence-corrected chi connectivity index (χ0v) is 16.2. The van der Waals surface area contributed by atoms with E-state index >= 15 is 0 Å². The van der Waals surface area contributed by atoms with E-state index in [0.717, 1.165) is 15.8 Å². The molecule has 2 heterocycles. The molecule has 0 unspecified atom stereocenters. The molecule has 1 aliphatic rings. The van der Waals surface area contributed by atoms with Gasteiger partial charge in [-0.2, -0.15) is 4.68 Å². The van der Waals surface area contributed by atoms with Crippen LogP contribution < -0.4 is 0 Å². The number of fused-ring (bicyclic) bond motifs is 2. The average molecular weight is 412 g/mol. The number of carbonyl (C=O) groups excluding carboxylic acids is 3. The Balaban J connectivity index is 1.77. The van der Waals surface area contributed by atoms with Gasteiger partial charge in [-0.3, -0.25) is 19.3 Å². The van der Waals surface area contributed by atoms with Crippen LogP contribution >= 0.6 is 0 Å². The second-order valence-electron chi connectivity index (χ2n) is 6.79. The van der Waals surface area contributed by atoms with Crippen molar-refractivity contribution in [2.45, 2.75) is 12.5 Å². The lowest BCUT2D eigenvalue weighted by atomic mass is 10.1. The monoisotopic (exact) mass is 412 g/mol. The van der Waals surface area contributed by atoms with Crippen molar-refractivity contribution in [3.8, 4) is 0 Å². The number of carbonyl (C=O) groups is 3. The summed E-state index contributed by atoms with van der Waals surface area (Å²) in [6, 6.07) is 11.6. The Morgan fingerprint density at radius 3 is 2.21 bits per heavy atom. The van der Waals surface area contributed by atoms with Gasteiger partial charge in [-0.15, -0.1) is 5.10 Å². The summed E-state index contributed by atoms with van der Waals surface area (Å²) in [4.78, 5) is 39.9. The minimum atomic E-state index is -3.44. The first-order valence-electron chi connectivity index (χ1n) is 8.77. The van der Waals surface area contributed by atoms with Gasteiger partial charge in [0.15, 0.2) is 0 Å². The summed E-state index contributed by atoms with van der Waals surface area (Å²) in [5.41, 5.74) is 1.22. The fourth-order valence-corrected chi connectivity index (χ4v) is 4.00. The lowest BCUT2D eigenvalue weighted by Gasteiger charge is -2.24. The summed E-state index contributed by atoms with van der Waals surface area (Å²) in [6.07, 6.45) is 0.791. The number of rotatable bonds is 5. The fourth-order valence-electron chi connectivity index (χ4n) is 3.35. The third kappa shape index (κ3) is 3.31. The van der Waals surface area contributed by atoms with Crippen molar-refractivity contribution >= 4 is 38.6 Å². The lowest BCUT2D eigenvalue weighted by molar-refractivity contribution is 0.0504. The van der Waals surface area contributed by atoms with Crippen molar-refractivity contribution in [2.75, 3.05) is 12.0 Å². The minimum Gasteiger partial charge on any atom is -0.270 e. The van der Waals surface area contributed by atoms with Gasteiger partial charge >= 0.3 is 0 Å². The first kappa shape index (κ1) is 18.9. The third-order valence-corrected chi connectivity index (χ3v) is 5.72. The predicted molar refractivity (Wildman–Crippen MR) is 103 cm³/mol. The van der Waals surface area contributed by atoms with Crippen molar-refractivity contribution < 1.29 is 22.8 Å². The Kier molecular flexibility index (Phi) is 4.50. The van der Waals surface area contributed by atoms with Crippen molar-refractivity contribution in [3.05, 3.63) is 59.7 Å². The van der Waals surface area contributed by atoms with Crippen LogP contribution in [0.1, 0.15) is 31.9 Å². The standard InChI is InChI=1S/C19H16N4O5S/c1-29(27,28)11-10-16(19(26)23-15-9-5-4-8-14(15)20-21-23)22-17(24)12-6-2-3-7-13(12)18(22)25/h2-9,16H,10-11H2,1H3/t16-/m1/s1. The Hall–Kier alpha value is -3.40. The number of hydrogen-bond donors (Lipinski definition) is 0. The number of hydrogen-bond acceptors (Lipinski definition) is 7. The van der Waals surface area contributed by atoms with Crippen LogP contribution in [0.5, 0.6) is 0 Å². The molecule has 29 heavy (non-hydrogen) atoms. The largest absolute Gasteiger partial charge is 0.272 e. The van der Waals surface area contributed by atoms with Gasteiger partial charge in [0.1, 0.15) is 21.4 Å². The van der Waals surface area contributed by atoms with Gasteiger partial charge in [-0.1, -0.05) is 29.5 Å². The van der Waals surface area contributed by atoms with Crippen molar-refractivity contribution in [3.63, 3.8) is 0 Å². The molecule has 1 atom stereocenters. The van der Waals surface area contributed by atoms with Crippen LogP contribution in [-0.4, -0.2) is 64.1 Å². The summed E-state index contributed by atoms with van der Waals surface area (Å²) < 4.78 is 24.4. The van der Waals surface area contributed by atoms with Gasteiger partial charge in [0.2, 0.25) is 0 Å². The van der Waals surface area contributed by atoms with E-state index in [0.29, 0.717) is 11.0 Å². The van der Waals surface area contributed by atoms with Crippen LogP contribution in [0.25, 0.3) is 11.0 Å². The second kappa shape index (κ2) is 6.89. The van der Waals surface area contributed by atoms with Crippen LogP contribution in [0.15, 0.2) is 48.5 Å². The van der Waals surface area contributed by atoms with E-state index in [1.54, 1.807) is 36.4 Å². The second-order valence-corrected chi connectivity index (χ2v) is 9.05. The third-order valence-electron chi connectivity index (χ3n) is 4.74. The predicted octanol–water partition coefficient (Wildman–Crippen LogP) is 1.17. The van der Waals surface area contributed by atoms with Gasteiger partial charge in [0.05, 0.1) is 22.4 Å². The van der Waals surface area contributed by atoms with Crippen molar-refractivity contribution in [1.29, 1.82) is 0 Å². The zero-order valence-electron chi connectivity index (χ0n) is 15.3. The Morgan fingerprint density at radius 2 is 1.59 bits per heavy atom. The van der Waals surface area contributed by atoms with Gasteiger partial charge in [-0.25, -0.2) is 8.42 Å². The van der Waals surface area contributed by atoms with E-state index in [-0.39, 0.29) is 23.3 Å². The highest BCUT2D eigenvalue weighted by atomic mass is 32.2. The Labute approximate surface area is 165 Å².